The van der Waals surface area contributed by atoms with Crippen molar-refractivity contribution >= 4 is 45.0 Å². The number of carbonyl (C=O) groups excluding carboxylic acids is 3. The predicted molar refractivity (Wildman–Crippen MR) is 120 cm³/mol. The van der Waals surface area contributed by atoms with Crippen LogP contribution < -0.4 is 15.5 Å². The number of halogens is 1. The molecule has 0 bridgehead atoms. The van der Waals surface area contributed by atoms with Crippen LogP contribution in [-0.2, 0) is 20.9 Å². The van der Waals surface area contributed by atoms with Gasteiger partial charge in [0.15, 0.2) is 0 Å². The highest BCUT2D eigenvalue weighted by molar-refractivity contribution is 9.10. The number of rotatable bonds is 7. The summed E-state index contributed by atoms with van der Waals surface area (Å²) in [6, 6.07) is 14.8. The number of nitrogens with zero attached hydrogens (tertiary/aromatic N) is 2. The highest BCUT2D eigenvalue weighted by Gasteiger charge is 2.35. The summed E-state index contributed by atoms with van der Waals surface area (Å²) in [4.78, 5) is 40.4. The van der Waals surface area contributed by atoms with Gasteiger partial charge in [-0.05, 0) is 59.9 Å². The van der Waals surface area contributed by atoms with Gasteiger partial charge in [-0.3, -0.25) is 14.4 Å². The van der Waals surface area contributed by atoms with Crippen molar-refractivity contribution in [1.29, 1.82) is 0 Å². The van der Waals surface area contributed by atoms with Crippen molar-refractivity contribution < 1.29 is 14.4 Å². The molecule has 2 N–H and O–H groups in total. The molecule has 0 spiro atoms. The van der Waals surface area contributed by atoms with Crippen molar-refractivity contribution in [3.63, 3.8) is 0 Å². The first kappa shape index (κ1) is 22.0. The van der Waals surface area contributed by atoms with Gasteiger partial charge in [0.25, 0.3) is 0 Å². The van der Waals surface area contributed by atoms with E-state index >= 15 is 0 Å². The zero-order chi connectivity index (χ0) is 21.7. The van der Waals surface area contributed by atoms with E-state index in [0.717, 1.165) is 15.7 Å². The molecule has 1 fully saturated rings. The second kappa shape index (κ2) is 9.86. The fourth-order valence-electron chi connectivity index (χ4n) is 3.37. The van der Waals surface area contributed by atoms with Crippen LogP contribution in [0.25, 0.3) is 0 Å². The second-order valence-corrected chi connectivity index (χ2v) is 8.42. The number of para-hydroxylation sites is 1. The third-order valence-electron chi connectivity index (χ3n) is 4.78. The molecule has 7 nitrogen and oxygen atoms in total. The van der Waals surface area contributed by atoms with Crippen LogP contribution in [0.5, 0.6) is 0 Å². The van der Waals surface area contributed by atoms with Gasteiger partial charge >= 0.3 is 0 Å². The SMILES string of the molecule is CN(C)CC(=O)Nc1cccc(CNC(=O)C2CC(=O)N(c3ccccc3Br)C2)c1. The van der Waals surface area contributed by atoms with Crippen LogP contribution in [0.2, 0.25) is 0 Å². The average Bonchev–Trinajstić information content (AvgIpc) is 3.07. The zero-order valence-corrected chi connectivity index (χ0v) is 18.6. The van der Waals surface area contributed by atoms with Gasteiger partial charge in [0.2, 0.25) is 17.7 Å². The molecule has 8 heteroatoms. The molecule has 0 aliphatic carbocycles. The van der Waals surface area contributed by atoms with Gasteiger partial charge in [-0.25, -0.2) is 0 Å². The third-order valence-corrected chi connectivity index (χ3v) is 5.45. The smallest absolute Gasteiger partial charge is 0.238 e. The molecule has 1 unspecified atom stereocenters. The highest BCUT2D eigenvalue weighted by Crippen LogP contribution is 2.31. The Morgan fingerprint density at radius 1 is 1.17 bits per heavy atom. The maximum atomic E-state index is 12.6. The van der Waals surface area contributed by atoms with Crippen molar-refractivity contribution in [2.75, 3.05) is 37.4 Å². The fraction of sp³-hybridized carbons (Fsp3) is 0.318. The molecule has 1 heterocycles. The van der Waals surface area contributed by atoms with Gasteiger partial charge in [-0.2, -0.15) is 0 Å². The normalized spacial score (nSPS) is 16.1. The molecule has 158 valence electrons. The van der Waals surface area contributed by atoms with Crippen molar-refractivity contribution in [3.8, 4) is 0 Å². The topological polar surface area (TPSA) is 81.8 Å². The highest BCUT2D eigenvalue weighted by atomic mass is 79.9. The number of anilines is 2. The van der Waals surface area contributed by atoms with Crippen LogP contribution in [0, 0.1) is 5.92 Å². The Morgan fingerprint density at radius 2 is 1.93 bits per heavy atom. The number of hydrogen-bond acceptors (Lipinski definition) is 4. The van der Waals surface area contributed by atoms with E-state index in [-0.39, 0.29) is 24.1 Å². The molecular formula is C22H25BrN4O3. The minimum Gasteiger partial charge on any atom is -0.352 e. The fourth-order valence-corrected chi connectivity index (χ4v) is 3.87. The van der Waals surface area contributed by atoms with Gasteiger partial charge in [0.1, 0.15) is 0 Å². The van der Waals surface area contributed by atoms with Gasteiger partial charge in [-0.1, -0.05) is 24.3 Å². The molecule has 0 saturated carbocycles. The molecule has 1 aliphatic heterocycles. The first-order valence-electron chi connectivity index (χ1n) is 9.69. The second-order valence-electron chi connectivity index (χ2n) is 7.56. The van der Waals surface area contributed by atoms with Crippen molar-refractivity contribution in [1.82, 2.24) is 10.2 Å². The van der Waals surface area contributed by atoms with E-state index in [1.165, 1.54) is 0 Å². The lowest BCUT2D eigenvalue weighted by atomic mass is 10.1. The van der Waals surface area contributed by atoms with E-state index in [4.69, 9.17) is 0 Å². The molecule has 30 heavy (non-hydrogen) atoms. The quantitative estimate of drug-likeness (QED) is 0.648. The monoisotopic (exact) mass is 472 g/mol. The minimum atomic E-state index is -0.396. The van der Waals surface area contributed by atoms with Crippen LogP contribution in [0.15, 0.2) is 53.0 Å². The van der Waals surface area contributed by atoms with Gasteiger partial charge < -0.3 is 20.4 Å². The molecule has 0 aromatic heterocycles. The summed E-state index contributed by atoms with van der Waals surface area (Å²) in [5, 5.41) is 5.75. The number of nitrogens with one attached hydrogen (secondary N) is 2. The Labute approximate surface area is 184 Å². The first-order chi connectivity index (χ1) is 14.3. The first-order valence-corrected chi connectivity index (χ1v) is 10.5. The van der Waals surface area contributed by atoms with Gasteiger partial charge in [0.05, 0.1) is 18.2 Å². The van der Waals surface area contributed by atoms with E-state index in [9.17, 15) is 14.4 Å². The Balaban J connectivity index is 1.56. The third kappa shape index (κ3) is 5.67. The predicted octanol–water partition coefficient (Wildman–Crippen LogP) is 2.62. The van der Waals surface area contributed by atoms with E-state index in [1.807, 2.05) is 62.6 Å². The summed E-state index contributed by atoms with van der Waals surface area (Å²) in [5.74, 6) is -0.710. The minimum absolute atomic E-state index is 0.0624. The van der Waals surface area contributed by atoms with Crippen LogP contribution in [0.1, 0.15) is 12.0 Å². The molecule has 3 amide bonds. The Morgan fingerprint density at radius 3 is 2.67 bits per heavy atom. The van der Waals surface area contributed by atoms with E-state index < -0.39 is 5.92 Å². The molecule has 1 aliphatic rings. The van der Waals surface area contributed by atoms with Gasteiger partial charge in [-0.15, -0.1) is 0 Å². The van der Waals surface area contributed by atoms with Gasteiger partial charge in [0, 0.05) is 29.7 Å². The summed E-state index contributed by atoms with van der Waals surface area (Å²) >= 11 is 3.46. The van der Waals surface area contributed by atoms with E-state index in [2.05, 4.69) is 26.6 Å². The number of hydrogen-bond donors (Lipinski definition) is 2. The maximum Gasteiger partial charge on any atom is 0.238 e. The molecule has 0 radical (unpaired) electrons. The molecule has 1 atom stereocenters. The Kier molecular flexibility index (Phi) is 7.23. The number of carbonyl (C=O) groups is 3. The molecule has 1 saturated heterocycles. The summed E-state index contributed by atoms with van der Waals surface area (Å²) < 4.78 is 0.826. The van der Waals surface area contributed by atoms with E-state index in [1.54, 1.807) is 9.80 Å². The van der Waals surface area contributed by atoms with E-state index in [0.29, 0.717) is 25.3 Å². The largest absolute Gasteiger partial charge is 0.352 e. The molecular weight excluding hydrogens is 448 g/mol. The standard InChI is InChI=1S/C22H25BrN4O3/c1-26(2)14-20(28)25-17-7-5-6-15(10-17)12-24-22(30)16-11-21(29)27(13-16)19-9-4-3-8-18(19)23/h3-10,16H,11-14H2,1-2H3,(H,24,30)(H,25,28). The zero-order valence-electron chi connectivity index (χ0n) is 17.0. The van der Waals surface area contributed by atoms with Crippen LogP contribution in [-0.4, -0.2) is 49.8 Å². The summed E-state index contributed by atoms with van der Waals surface area (Å²) in [7, 11) is 3.66. The average molecular weight is 473 g/mol. The van der Waals surface area contributed by atoms with Crippen LogP contribution >= 0.6 is 15.9 Å². The summed E-state index contributed by atoms with van der Waals surface area (Å²) in [6.07, 6.45) is 0.188. The molecule has 2 aromatic carbocycles. The van der Waals surface area contributed by atoms with Crippen molar-refractivity contribution in [2.45, 2.75) is 13.0 Å². The number of likely N-dealkylation sites (N-methyl/N-ethyl adjacent to an activating group) is 1. The van der Waals surface area contributed by atoms with Crippen LogP contribution in [0.3, 0.4) is 0 Å². The lowest BCUT2D eigenvalue weighted by molar-refractivity contribution is -0.126. The summed E-state index contributed by atoms with van der Waals surface area (Å²) in [5.41, 5.74) is 2.33. The molecule has 3 rings (SSSR count). The number of benzene rings is 2. The van der Waals surface area contributed by atoms with Crippen molar-refractivity contribution in [3.05, 3.63) is 58.6 Å². The lowest BCUT2D eigenvalue weighted by Crippen LogP contribution is -2.32. The lowest BCUT2D eigenvalue weighted by Gasteiger charge is -2.18. The summed E-state index contributed by atoms with van der Waals surface area (Å²) in [6.45, 7) is 0.981. The Bertz CT molecular complexity index is 947. The number of amides is 3. The Hall–Kier alpha value is -2.71. The van der Waals surface area contributed by atoms with Crippen LogP contribution in [0.4, 0.5) is 11.4 Å². The maximum absolute atomic E-state index is 12.6. The molecule has 2 aromatic rings. The van der Waals surface area contributed by atoms with Crippen molar-refractivity contribution in [2.24, 2.45) is 5.92 Å².